The van der Waals surface area contributed by atoms with Crippen LogP contribution in [0.4, 0.5) is 0 Å². The summed E-state index contributed by atoms with van der Waals surface area (Å²) in [5, 5.41) is 10.5. The Morgan fingerprint density at radius 1 is 0.510 bits per heavy atom. The molecule has 11 rings (SSSR count). The molecule has 1 N–H and O–H groups in total. The number of para-hydroxylation sites is 1. The number of nitrogens with zero attached hydrogens (tertiary/aromatic N) is 2. The molecular weight excluding hydrogens is 647 g/mol. The number of amidine groups is 2. The molecule has 0 bridgehead atoms. The number of rotatable bonds is 4. The molecule has 240 valence electrons. The van der Waals surface area contributed by atoms with E-state index in [-0.39, 0.29) is 6.17 Å². The third kappa shape index (κ3) is 4.47. The number of furan rings is 2. The van der Waals surface area contributed by atoms with Crippen molar-refractivity contribution >= 4 is 87.1 Å². The Balaban J connectivity index is 1.05. The molecule has 0 saturated carbocycles. The highest BCUT2D eigenvalue weighted by Crippen LogP contribution is 2.42. The van der Waals surface area contributed by atoms with Gasteiger partial charge in [0, 0.05) is 52.8 Å². The molecular formula is C45H27N3O2S. The van der Waals surface area contributed by atoms with Gasteiger partial charge in [0.2, 0.25) is 0 Å². The maximum atomic E-state index is 6.39. The van der Waals surface area contributed by atoms with Crippen LogP contribution >= 0.6 is 11.3 Å². The minimum Gasteiger partial charge on any atom is -0.456 e. The number of benzene rings is 7. The van der Waals surface area contributed by atoms with E-state index < -0.39 is 0 Å². The molecule has 0 amide bonds. The van der Waals surface area contributed by atoms with E-state index in [4.69, 9.17) is 18.8 Å². The van der Waals surface area contributed by atoms with Crippen LogP contribution in [0.3, 0.4) is 0 Å². The quantitative estimate of drug-likeness (QED) is 0.202. The molecule has 0 spiro atoms. The number of hydrogen-bond acceptors (Lipinski definition) is 6. The van der Waals surface area contributed by atoms with Gasteiger partial charge in [0.15, 0.2) is 5.84 Å². The molecule has 10 aromatic rings. The molecule has 5 nitrogen and oxygen atoms in total. The Bertz CT molecular complexity index is 3070. The molecule has 0 fully saturated rings. The first-order valence-corrected chi connectivity index (χ1v) is 17.8. The number of thiophene rings is 1. The van der Waals surface area contributed by atoms with E-state index in [0.29, 0.717) is 5.84 Å². The third-order valence-electron chi connectivity index (χ3n) is 9.96. The van der Waals surface area contributed by atoms with Gasteiger partial charge in [0.25, 0.3) is 0 Å². The fraction of sp³-hybridized carbons (Fsp3) is 0.0222. The second kappa shape index (κ2) is 11.0. The highest BCUT2D eigenvalue weighted by molar-refractivity contribution is 7.26. The van der Waals surface area contributed by atoms with E-state index in [1.165, 1.54) is 31.3 Å². The summed E-state index contributed by atoms with van der Waals surface area (Å²) in [7, 11) is 0. The molecule has 1 aliphatic rings. The van der Waals surface area contributed by atoms with Crippen LogP contribution in [0.5, 0.6) is 0 Å². The zero-order valence-electron chi connectivity index (χ0n) is 27.1. The molecule has 4 heterocycles. The van der Waals surface area contributed by atoms with Crippen LogP contribution in [-0.2, 0) is 0 Å². The van der Waals surface area contributed by atoms with Crippen LogP contribution < -0.4 is 5.32 Å². The summed E-state index contributed by atoms with van der Waals surface area (Å²) in [6.45, 7) is 0. The van der Waals surface area contributed by atoms with Crippen LogP contribution in [0.25, 0.3) is 75.2 Å². The molecule has 0 radical (unpaired) electrons. The summed E-state index contributed by atoms with van der Waals surface area (Å²) >= 11 is 1.85. The lowest BCUT2D eigenvalue weighted by atomic mass is 10.00. The third-order valence-corrected chi connectivity index (χ3v) is 11.2. The van der Waals surface area contributed by atoms with Crippen LogP contribution in [0.15, 0.2) is 170 Å². The maximum Gasteiger partial charge on any atom is 0.159 e. The number of aliphatic imine (C=N–C) groups is 2. The first-order valence-electron chi connectivity index (χ1n) is 17.0. The summed E-state index contributed by atoms with van der Waals surface area (Å²) in [4.78, 5) is 10.3. The Kier molecular flexibility index (Phi) is 6.12. The largest absolute Gasteiger partial charge is 0.456 e. The predicted octanol–water partition coefficient (Wildman–Crippen LogP) is 12.0. The smallest absolute Gasteiger partial charge is 0.159 e. The number of nitrogens with one attached hydrogen (secondary N) is 1. The van der Waals surface area contributed by atoms with E-state index >= 15 is 0 Å². The lowest BCUT2D eigenvalue weighted by Crippen LogP contribution is -2.33. The van der Waals surface area contributed by atoms with Crippen LogP contribution in [0.1, 0.15) is 22.9 Å². The van der Waals surface area contributed by atoms with Gasteiger partial charge in [-0.1, -0.05) is 109 Å². The highest BCUT2D eigenvalue weighted by Gasteiger charge is 2.24. The van der Waals surface area contributed by atoms with E-state index in [1.54, 1.807) is 0 Å². The molecule has 1 atom stereocenters. The van der Waals surface area contributed by atoms with Gasteiger partial charge >= 0.3 is 0 Å². The molecule has 6 heteroatoms. The predicted molar refractivity (Wildman–Crippen MR) is 211 cm³/mol. The van der Waals surface area contributed by atoms with Gasteiger partial charge in [-0.15, -0.1) is 11.3 Å². The second-order valence-electron chi connectivity index (χ2n) is 13.0. The lowest BCUT2D eigenvalue weighted by molar-refractivity contribution is 0.663. The Morgan fingerprint density at radius 2 is 1.20 bits per heavy atom. The fourth-order valence-corrected chi connectivity index (χ4v) is 8.79. The van der Waals surface area contributed by atoms with E-state index in [2.05, 4.69) is 108 Å². The SMILES string of the molecule is c1ccc(C2=NC(c3ccc4oc5ccc(-c6cccc7c6sc6ccccc67)cc5c4c3)NC(c3cccc4oc5ccccc5c34)=N2)cc1. The van der Waals surface area contributed by atoms with Gasteiger partial charge in [-0.3, -0.25) is 0 Å². The number of hydrogen-bond donors (Lipinski definition) is 1. The van der Waals surface area contributed by atoms with Crippen molar-refractivity contribution in [3.63, 3.8) is 0 Å². The molecule has 1 aliphatic heterocycles. The molecule has 0 aliphatic carbocycles. The van der Waals surface area contributed by atoms with Gasteiger partial charge in [0.1, 0.15) is 34.3 Å². The van der Waals surface area contributed by atoms with Gasteiger partial charge in [0.05, 0.1) is 0 Å². The molecule has 7 aromatic carbocycles. The summed E-state index contributed by atoms with van der Waals surface area (Å²) < 4.78 is 15.2. The van der Waals surface area contributed by atoms with Crippen molar-refractivity contribution < 1.29 is 8.83 Å². The first-order chi connectivity index (χ1) is 25.2. The Labute approximate surface area is 295 Å². The lowest BCUT2D eigenvalue weighted by Gasteiger charge is -2.24. The fourth-order valence-electron chi connectivity index (χ4n) is 7.55. The van der Waals surface area contributed by atoms with Crippen molar-refractivity contribution in [3.05, 3.63) is 168 Å². The van der Waals surface area contributed by atoms with E-state index in [9.17, 15) is 0 Å². The molecule has 51 heavy (non-hydrogen) atoms. The van der Waals surface area contributed by atoms with Gasteiger partial charge < -0.3 is 14.2 Å². The maximum absolute atomic E-state index is 6.39. The van der Waals surface area contributed by atoms with E-state index in [1.807, 2.05) is 59.9 Å². The van der Waals surface area contributed by atoms with Crippen molar-refractivity contribution in [1.29, 1.82) is 0 Å². The van der Waals surface area contributed by atoms with Gasteiger partial charge in [-0.25, -0.2) is 9.98 Å². The van der Waals surface area contributed by atoms with Gasteiger partial charge in [-0.05, 0) is 59.2 Å². The average molecular weight is 674 g/mol. The summed E-state index contributed by atoms with van der Waals surface area (Å²) in [6.07, 6.45) is -0.383. The van der Waals surface area contributed by atoms with Crippen LogP contribution in [0.2, 0.25) is 0 Å². The molecule has 3 aromatic heterocycles. The first kappa shape index (κ1) is 28.3. The minimum atomic E-state index is -0.383. The van der Waals surface area contributed by atoms with Crippen LogP contribution in [0, 0.1) is 0 Å². The second-order valence-corrected chi connectivity index (χ2v) is 14.0. The monoisotopic (exact) mass is 673 g/mol. The summed E-state index contributed by atoms with van der Waals surface area (Å²) in [6, 6.07) is 52.6. The molecule has 1 unspecified atom stereocenters. The molecule has 0 saturated heterocycles. The average Bonchev–Trinajstić information content (AvgIpc) is 3.89. The summed E-state index contributed by atoms with van der Waals surface area (Å²) in [5.74, 6) is 1.43. The zero-order chi connectivity index (χ0) is 33.5. The Hall–Kier alpha value is -6.50. The zero-order valence-corrected chi connectivity index (χ0v) is 27.9. The van der Waals surface area contributed by atoms with Crippen molar-refractivity contribution in [2.24, 2.45) is 9.98 Å². The topological polar surface area (TPSA) is 63.0 Å². The highest BCUT2D eigenvalue weighted by atomic mass is 32.1. The van der Waals surface area contributed by atoms with Crippen molar-refractivity contribution in [2.75, 3.05) is 0 Å². The van der Waals surface area contributed by atoms with E-state index in [0.717, 1.165) is 66.4 Å². The Morgan fingerprint density at radius 3 is 2.12 bits per heavy atom. The van der Waals surface area contributed by atoms with Crippen molar-refractivity contribution in [3.8, 4) is 11.1 Å². The minimum absolute atomic E-state index is 0.383. The van der Waals surface area contributed by atoms with Gasteiger partial charge in [-0.2, -0.15) is 0 Å². The number of fused-ring (bicyclic) bond motifs is 9. The standard InChI is InChI=1S/C45H27N3O2S/c1-2-10-26(11-3-1)43-46-44(48-45(47-43)33-16-9-18-39-41(33)32-13-4-6-17-36(32)50-39)28-21-23-38-35(25-28)34-24-27(20-22-37(34)49-38)29-14-8-15-31-30-12-5-7-19-40(30)51-42(29)31/h1-25,44H,(H,46,47,48). The van der Waals surface area contributed by atoms with Crippen molar-refractivity contribution in [2.45, 2.75) is 6.17 Å². The normalized spacial score (nSPS) is 14.9. The van der Waals surface area contributed by atoms with Crippen LogP contribution in [-0.4, -0.2) is 11.7 Å². The summed E-state index contributed by atoms with van der Waals surface area (Å²) in [5.41, 5.74) is 8.74. The van der Waals surface area contributed by atoms with Crippen molar-refractivity contribution in [1.82, 2.24) is 5.32 Å².